The van der Waals surface area contributed by atoms with Crippen LogP contribution in [0.4, 0.5) is 0 Å². The molecule has 0 bridgehead atoms. The van der Waals surface area contributed by atoms with Crippen molar-refractivity contribution >= 4 is 12.4 Å². The van der Waals surface area contributed by atoms with Crippen LogP contribution in [0.25, 0.3) is 0 Å². The van der Waals surface area contributed by atoms with Crippen molar-refractivity contribution in [1.82, 2.24) is 36.9 Å². The summed E-state index contributed by atoms with van der Waals surface area (Å²) in [6, 6.07) is 0. The normalized spacial score (nSPS) is 0. The van der Waals surface area contributed by atoms with Crippen LogP contribution in [0.5, 0.6) is 0 Å². The quantitative estimate of drug-likeness (QED) is 0.344. The van der Waals surface area contributed by atoms with Crippen LogP contribution in [0.15, 0.2) is 0 Å². The van der Waals surface area contributed by atoms with Crippen LogP contribution in [0.2, 0.25) is 0 Å². The molecule has 0 amide bonds. The first-order valence-electron chi connectivity index (χ1n) is 0. The fourth-order valence-corrected chi connectivity index (χ4v) is 0. The van der Waals surface area contributed by atoms with Crippen molar-refractivity contribution in [3.63, 3.8) is 0 Å². The smallest absolute Gasteiger partial charge is 0 e. The Balaban J connectivity index is 0. The Labute approximate surface area is 69.2 Å². The fraction of sp³-hybridized carbons (Fsp3) is 0. The van der Waals surface area contributed by atoms with E-state index in [9.17, 15) is 0 Å². The molecule has 65 valence electrons. The molecule has 0 aliphatic carbocycles. The third-order valence-electron chi connectivity index (χ3n) is 0. The van der Waals surface area contributed by atoms with Gasteiger partial charge in [0.15, 0.2) is 0 Å². The molecule has 0 aromatic rings. The van der Waals surface area contributed by atoms with Gasteiger partial charge >= 0.3 is 0 Å². The summed E-state index contributed by atoms with van der Waals surface area (Å²) in [6.07, 6.45) is 0. The van der Waals surface area contributed by atoms with E-state index in [-0.39, 0.29) is 68.8 Å². The van der Waals surface area contributed by atoms with Gasteiger partial charge in [-0.1, -0.05) is 0 Å². The molecule has 8 heavy (non-hydrogen) atoms. The summed E-state index contributed by atoms with van der Waals surface area (Å²) in [5.41, 5.74) is 0. The van der Waals surface area contributed by atoms with Crippen molar-refractivity contribution in [3.8, 4) is 0 Å². The molecule has 1 radical (unpaired) electrons. The number of hydrogen-bond donors (Lipinski definition) is 6. The predicted molar refractivity (Wildman–Crippen MR) is 37.4 cm³/mol. The van der Waals surface area contributed by atoms with Gasteiger partial charge < -0.3 is 36.9 Å². The largest absolute Gasteiger partial charge is 0.344 e. The molecule has 0 unspecified atom stereocenters. The second kappa shape index (κ2) is 754. The molecule has 0 heterocycles. The average molecular weight is 242 g/mol. The van der Waals surface area contributed by atoms with Gasteiger partial charge in [0.25, 0.3) is 0 Å². The molecule has 0 aliphatic rings. The van der Waals surface area contributed by atoms with Crippen molar-refractivity contribution in [2.75, 3.05) is 0 Å². The third-order valence-corrected chi connectivity index (χ3v) is 0. The zero-order valence-corrected chi connectivity index (χ0v) is 7.44. The van der Waals surface area contributed by atoms with Crippen molar-refractivity contribution in [1.29, 1.82) is 0 Å². The molecule has 0 rings (SSSR count). The Kier molecular flexibility index (Phi) is 106000. The van der Waals surface area contributed by atoms with Crippen molar-refractivity contribution < 1.29 is 19.5 Å². The number of rotatable bonds is 0. The van der Waals surface area contributed by atoms with Crippen LogP contribution in [0.1, 0.15) is 0 Å². The SMILES string of the molecule is Cl.N.N.N.N.N.N.[Rh]. The third kappa shape index (κ3) is 474. The van der Waals surface area contributed by atoms with Crippen molar-refractivity contribution in [3.05, 3.63) is 0 Å². The molecule has 8 heteroatoms. The first-order valence-corrected chi connectivity index (χ1v) is 0. The molecular weight excluding hydrogens is 222 g/mol. The molecule has 0 spiro atoms. The molecule has 0 atom stereocenters. The molecule has 0 saturated heterocycles. The van der Waals surface area contributed by atoms with Gasteiger partial charge in [0.1, 0.15) is 0 Å². The minimum atomic E-state index is 0. The van der Waals surface area contributed by atoms with Gasteiger partial charge in [-0.3, -0.25) is 0 Å². The Morgan fingerprint density at radius 3 is 0.375 bits per heavy atom. The molecule has 0 aromatic heterocycles. The zero-order valence-electron chi connectivity index (χ0n) is 4.98. The van der Waals surface area contributed by atoms with Crippen molar-refractivity contribution in [2.45, 2.75) is 0 Å². The summed E-state index contributed by atoms with van der Waals surface area (Å²) in [5, 5.41) is 0. The summed E-state index contributed by atoms with van der Waals surface area (Å²) in [6.45, 7) is 0. The molecule has 18 N–H and O–H groups in total. The second-order valence-corrected chi connectivity index (χ2v) is 0. The molecular formula is H19ClN6Rh. The van der Waals surface area contributed by atoms with Gasteiger partial charge in [-0.25, -0.2) is 0 Å². The van der Waals surface area contributed by atoms with E-state index in [0.29, 0.717) is 0 Å². The van der Waals surface area contributed by atoms with E-state index in [4.69, 9.17) is 0 Å². The molecule has 6 nitrogen and oxygen atoms in total. The van der Waals surface area contributed by atoms with E-state index in [2.05, 4.69) is 0 Å². The van der Waals surface area contributed by atoms with Crippen LogP contribution in [-0.2, 0) is 19.5 Å². The number of halogens is 1. The summed E-state index contributed by atoms with van der Waals surface area (Å²) < 4.78 is 0. The maximum Gasteiger partial charge on any atom is 0 e. The van der Waals surface area contributed by atoms with E-state index in [1.165, 1.54) is 0 Å². The Hall–Kier alpha value is 0.673. The van der Waals surface area contributed by atoms with Crippen LogP contribution in [0, 0.1) is 0 Å². The summed E-state index contributed by atoms with van der Waals surface area (Å²) in [5.74, 6) is 0. The Bertz CT molecular complexity index is 8.49. The Morgan fingerprint density at radius 1 is 0.375 bits per heavy atom. The van der Waals surface area contributed by atoms with Crippen LogP contribution < -0.4 is 36.9 Å². The fourth-order valence-electron chi connectivity index (χ4n) is 0. The first kappa shape index (κ1) is 1130. The summed E-state index contributed by atoms with van der Waals surface area (Å²) in [7, 11) is 0. The Morgan fingerprint density at radius 2 is 0.375 bits per heavy atom. The summed E-state index contributed by atoms with van der Waals surface area (Å²) >= 11 is 0. The van der Waals surface area contributed by atoms with E-state index < -0.39 is 0 Å². The monoisotopic (exact) mass is 241 g/mol. The van der Waals surface area contributed by atoms with E-state index in [1.54, 1.807) is 0 Å². The molecule has 0 aliphatic heterocycles. The molecule has 0 fully saturated rings. The average Bonchev–Trinajstić information content (AvgIpc) is 0. The zero-order chi connectivity index (χ0) is 0. The second-order valence-electron chi connectivity index (χ2n) is 0. The summed E-state index contributed by atoms with van der Waals surface area (Å²) in [4.78, 5) is 0. The van der Waals surface area contributed by atoms with Gasteiger partial charge in [-0.2, -0.15) is 0 Å². The van der Waals surface area contributed by atoms with Crippen LogP contribution in [0.3, 0.4) is 0 Å². The van der Waals surface area contributed by atoms with Crippen LogP contribution in [-0.4, -0.2) is 0 Å². The van der Waals surface area contributed by atoms with E-state index in [1.807, 2.05) is 0 Å². The molecule has 0 saturated carbocycles. The maximum absolute atomic E-state index is 0. The minimum Gasteiger partial charge on any atom is -0.344 e. The topological polar surface area (TPSA) is 210 Å². The predicted octanol–water partition coefficient (Wildman–Crippen LogP) is 1.39. The van der Waals surface area contributed by atoms with Crippen LogP contribution >= 0.6 is 12.4 Å². The first-order chi connectivity index (χ1) is 0. The van der Waals surface area contributed by atoms with Gasteiger partial charge in [-0.15, -0.1) is 12.4 Å². The van der Waals surface area contributed by atoms with E-state index >= 15 is 0 Å². The van der Waals surface area contributed by atoms with Gasteiger partial charge in [-0.05, 0) is 0 Å². The minimum absolute atomic E-state index is 0. The van der Waals surface area contributed by atoms with Gasteiger partial charge in [0.2, 0.25) is 0 Å². The van der Waals surface area contributed by atoms with E-state index in [0.717, 1.165) is 0 Å². The number of hydrogen-bond acceptors (Lipinski definition) is 6. The standard InChI is InChI=1S/ClH.6H3N.Rh/h1H;6*1H3;. The molecule has 0 aromatic carbocycles. The maximum atomic E-state index is 0. The van der Waals surface area contributed by atoms with Gasteiger partial charge in [0, 0.05) is 19.5 Å². The van der Waals surface area contributed by atoms with Gasteiger partial charge in [0.05, 0.1) is 0 Å². The van der Waals surface area contributed by atoms with Crippen molar-refractivity contribution in [2.24, 2.45) is 0 Å².